The molecule has 2 aliphatic carbocycles. The topological polar surface area (TPSA) is 322 Å². The van der Waals surface area contributed by atoms with Crippen LogP contribution < -0.4 is 52.3 Å². The number of nitrogens with one attached hydrogen (secondary N) is 6. The summed E-state index contributed by atoms with van der Waals surface area (Å²) in [6.07, 6.45) is 8.40. The molecular formula is C83H106N6O16-4. The van der Waals surface area contributed by atoms with Gasteiger partial charge < -0.3 is 80.7 Å². The third-order valence-electron chi connectivity index (χ3n) is 21.7. The first-order valence-corrected chi connectivity index (χ1v) is 38.8. The van der Waals surface area contributed by atoms with Crippen molar-refractivity contribution in [3.8, 4) is 0 Å². The Balaban J connectivity index is 0.976. The smallest absolute Gasteiger partial charge is 0.305 e. The molecule has 11 rings (SSSR count). The fourth-order valence-corrected chi connectivity index (χ4v) is 15.8. The number of hydrogen-bond donors (Lipinski definition) is 6. The fourth-order valence-electron chi connectivity index (χ4n) is 15.8. The lowest BCUT2D eigenvalue weighted by molar-refractivity contribution is -0.536. The second-order valence-electron chi connectivity index (χ2n) is 29.7. The van der Waals surface area contributed by atoms with Gasteiger partial charge in [-0.1, -0.05) is 191 Å². The number of esters is 6. The fraction of sp³-hybridized carbons (Fsp3) is 0.566. The molecule has 105 heavy (non-hydrogen) atoms. The normalized spacial score (nSPS) is 21.0. The number of hydrogen-bond acceptors (Lipinski definition) is 22. The van der Waals surface area contributed by atoms with Crippen molar-refractivity contribution in [3.05, 3.63) is 107 Å². The highest BCUT2D eigenvalue weighted by molar-refractivity contribution is 6.10. The number of carbonyl (C=O) groups is 6. The van der Waals surface area contributed by atoms with Gasteiger partial charge in [0.1, 0.15) is 39.6 Å². The lowest BCUT2D eigenvalue weighted by Gasteiger charge is -2.63. The first-order valence-electron chi connectivity index (χ1n) is 38.8. The van der Waals surface area contributed by atoms with Gasteiger partial charge in [0, 0.05) is 88.8 Å². The Morgan fingerprint density at radius 2 is 0.514 bits per heavy atom. The molecule has 2 saturated carbocycles. The van der Waals surface area contributed by atoms with Crippen LogP contribution in [0.2, 0.25) is 0 Å². The van der Waals surface area contributed by atoms with E-state index in [0.29, 0.717) is 116 Å². The second kappa shape index (κ2) is 35.3. The van der Waals surface area contributed by atoms with Crippen LogP contribution in [0.15, 0.2) is 84.9 Å². The van der Waals surface area contributed by atoms with Crippen LogP contribution in [0.5, 0.6) is 0 Å². The number of rotatable bonds is 40. The van der Waals surface area contributed by atoms with E-state index in [1.807, 2.05) is 90.1 Å². The first-order chi connectivity index (χ1) is 50.8. The van der Waals surface area contributed by atoms with Gasteiger partial charge in [-0.25, -0.2) is 0 Å². The van der Waals surface area contributed by atoms with E-state index in [1.165, 1.54) is 0 Å². The summed E-state index contributed by atoms with van der Waals surface area (Å²) in [5, 5.41) is 88.4. The van der Waals surface area contributed by atoms with Crippen LogP contribution >= 0.6 is 0 Å². The van der Waals surface area contributed by atoms with E-state index in [2.05, 4.69) is 31.9 Å². The van der Waals surface area contributed by atoms with E-state index in [4.69, 9.17) is 28.4 Å². The molecule has 568 valence electrons. The van der Waals surface area contributed by atoms with E-state index in [-0.39, 0.29) is 65.0 Å². The summed E-state index contributed by atoms with van der Waals surface area (Å²) < 4.78 is 36.2. The molecule has 2 fully saturated rings. The van der Waals surface area contributed by atoms with E-state index < -0.39 is 114 Å². The molecule has 0 radical (unpaired) electrons. The minimum atomic E-state index is -1.71. The van der Waals surface area contributed by atoms with E-state index in [1.54, 1.807) is 36.4 Å². The zero-order chi connectivity index (χ0) is 74.4. The molecule has 0 bridgehead atoms. The third kappa shape index (κ3) is 17.4. The van der Waals surface area contributed by atoms with Gasteiger partial charge >= 0.3 is 35.8 Å². The van der Waals surface area contributed by atoms with Crippen molar-refractivity contribution in [2.24, 2.45) is 0 Å². The Morgan fingerprint density at radius 3 is 0.752 bits per heavy atom. The van der Waals surface area contributed by atoms with Crippen molar-refractivity contribution in [2.45, 2.75) is 261 Å². The molecule has 22 heteroatoms. The molecule has 0 amide bonds. The summed E-state index contributed by atoms with van der Waals surface area (Å²) in [5.74, 6) is -7.53. The van der Waals surface area contributed by atoms with Crippen LogP contribution in [-0.2, 0) is 57.2 Å². The number of benzene rings is 6. The average molecular weight is 1440 g/mol. The lowest BCUT2D eigenvalue weighted by atomic mass is 9.61. The summed E-state index contributed by atoms with van der Waals surface area (Å²) in [6, 6.07) is 25.6. The standard InChI is InChI=1S/C83H106N6O16/c1-7-13-19-31-60(90)100-45-81(46-101-61(91)32-20-14-8-2)84-58-29-25-27-51-37-41-54(73(86-81)66(51)58)69-77(96)71(78(69)97)56-43-39-53-40-44-57(76-68(53)75(56)88-83(89-76,49-104-64(94)35-23-17-11-5)50-105-65(95)36-24-18-12-6)72-79(98)70(80(72)99)55-42-38-52-28-26-30-59-67(52)74(55)87-82(85-59,47-102-62(92)33-21-15-9-3)48-103-63(93)34-22-16-10-4/h25-30,37-44,69-72,77-80,84-89H,7-24,31-36,45-50H2,1-6H3/q-4. The molecule has 6 N–H and O–H groups in total. The molecule has 0 spiro atoms. The predicted octanol–water partition coefficient (Wildman–Crippen LogP) is 12.2. The zero-order valence-electron chi connectivity index (χ0n) is 61.9. The van der Waals surface area contributed by atoms with Crippen molar-refractivity contribution in [2.75, 3.05) is 71.5 Å². The van der Waals surface area contributed by atoms with E-state index >= 15 is 20.4 Å². The summed E-state index contributed by atoms with van der Waals surface area (Å²) in [5.41, 5.74) is -0.313. The Labute approximate surface area is 616 Å². The van der Waals surface area contributed by atoms with E-state index in [0.717, 1.165) is 87.8 Å². The maximum atomic E-state index is 15.8. The Morgan fingerprint density at radius 1 is 0.295 bits per heavy atom. The zero-order valence-corrected chi connectivity index (χ0v) is 61.9. The molecule has 6 aromatic rings. The number of ether oxygens (including phenoxy) is 6. The summed E-state index contributed by atoms with van der Waals surface area (Å²) >= 11 is 0. The van der Waals surface area contributed by atoms with E-state index in [9.17, 15) is 28.8 Å². The van der Waals surface area contributed by atoms with Crippen LogP contribution in [0.1, 0.15) is 242 Å². The van der Waals surface area contributed by atoms with Crippen LogP contribution in [0, 0.1) is 0 Å². The highest BCUT2D eigenvalue weighted by Gasteiger charge is 2.50. The summed E-state index contributed by atoms with van der Waals surface area (Å²) in [7, 11) is 0. The number of carbonyl (C=O) groups excluding carboxylic acids is 6. The van der Waals surface area contributed by atoms with Gasteiger partial charge in [-0.2, -0.15) is 0 Å². The van der Waals surface area contributed by atoms with Crippen molar-refractivity contribution < 1.29 is 77.6 Å². The molecular weight excluding hydrogens is 1340 g/mol. The minimum Gasteiger partial charge on any atom is -0.851 e. The van der Waals surface area contributed by atoms with Gasteiger partial charge in [-0.3, -0.25) is 28.8 Å². The van der Waals surface area contributed by atoms with Crippen LogP contribution in [0.4, 0.5) is 34.1 Å². The molecule has 0 saturated heterocycles. The minimum absolute atomic E-state index is 0.0964. The molecule has 3 aliphatic heterocycles. The van der Waals surface area contributed by atoms with Gasteiger partial charge in [0.25, 0.3) is 0 Å². The van der Waals surface area contributed by atoms with Crippen molar-refractivity contribution in [1.29, 1.82) is 0 Å². The molecule has 4 unspecified atom stereocenters. The number of anilines is 6. The Hall–Kier alpha value is -8.44. The maximum Gasteiger partial charge on any atom is 0.305 e. The van der Waals surface area contributed by atoms with Gasteiger partial charge in [-0.15, -0.1) is 24.4 Å². The Bertz CT molecular complexity index is 3740. The molecule has 5 aliphatic rings. The van der Waals surface area contributed by atoms with Gasteiger partial charge in [-0.05, 0) is 113 Å². The Kier molecular flexibility index (Phi) is 26.1. The molecule has 22 nitrogen and oxygen atoms in total. The molecule has 4 atom stereocenters. The van der Waals surface area contributed by atoms with Crippen LogP contribution in [0.25, 0.3) is 32.3 Å². The van der Waals surface area contributed by atoms with Gasteiger partial charge in [0.15, 0.2) is 17.0 Å². The second-order valence-corrected chi connectivity index (χ2v) is 29.7. The monoisotopic (exact) mass is 1440 g/mol. The van der Waals surface area contributed by atoms with Gasteiger partial charge in [0.05, 0.1) is 0 Å². The van der Waals surface area contributed by atoms with Crippen molar-refractivity contribution >= 4 is 102 Å². The highest BCUT2D eigenvalue weighted by Crippen LogP contribution is 2.58. The summed E-state index contributed by atoms with van der Waals surface area (Å²) in [4.78, 5) is 81.1. The molecule has 6 aromatic carbocycles. The summed E-state index contributed by atoms with van der Waals surface area (Å²) in [6.45, 7) is 10.3. The van der Waals surface area contributed by atoms with Crippen LogP contribution in [0.3, 0.4) is 0 Å². The number of unbranched alkanes of at least 4 members (excludes halogenated alkanes) is 12. The SMILES string of the molecule is CCCCCC(=O)OCC1(COC(=O)CCCCC)Nc2cccc3ccc(C4C([O-])C(c5ccc6ccc(C7C([O-])C(c8ccc9cccc%10c9c8NC(COC(=O)CCCCC)(COC(=O)CCCCC)N%10)C7[O-])c7c6c5NC(COC(=O)CCCCC)(COC(=O)CCCCC)N7)C4[O-])c(c23)N1. The molecule has 0 aromatic heterocycles. The highest BCUT2D eigenvalue weighted by atomic mass is 16.6. The maximum absolute atomic E-state index is 15.8. The average Bonchev–Trinajstić information content (AvgIpc) is 0.706. The lowest BCUT2D eigenvalue weighted by Crippen LogP contribution is -2.65. The molecule has 3 heterocycles. The van der Waals surface area contributed by atoms with Crippen molar-refractivity contribution in [1.82, 2.24) is 0 Å². The largest absolute Gasteiger partial charge is 0.851 e. The quantitative estimate of drug-likeness (QED) is 0.0118. The first kappa shape index (κ1) is 77.7. The third-order valence-corrected chi connectivity index (χ3v) is 21.7. The van der Waals surface area contributed by atoms with Crippen LogP contribution in [-0.4, -0.2) is 117 Å². The van der Waals surface area contributed by atoms with Gasteiger partial charge in [0.2, 0.25) is 0 Å². The van der Waals surface area contributed by atoms with Crippen molar-refractivity contribution in [3.63, 3.8) is 0 Å². The predicted molar refractivity (Wildman–Crippen MR) is 398 cm³/mol.